The van der Waals surface area contributed by atoms with Gasteiger partial charge in [0.15, 0.2) is 0 Å². The predicted octanol–water partition coefficient (Wildman–Crippen LogP) is 1.28. The van der Waals surface area contributed by atoms with E-state index in [4.69, 9.17) is 16.3 Å². The average molecular weight is 170 g/mol. The molecule has 0 aromatic heterocycles. The van der Waals surface area contributed by atoms with Crippen molar-refractivity contribution in [1.29, 1.82) is 0 Å². The van der Waals surface area contributed by atoms with E-state index in [0.29, 0.717) is 13.0 Å². The maximum Gasteiger partial charge on any atom is 0.303 e. The minimum Gasteiger partial charge on any atom is -0.481 e. The van der Waals surface area contributed by atoms with E-state index in [2.05, 4.69) is 5.92 Å². The second kappa shape index (κ2) is 6.68. The third-order valence-corrected chi connectivity index (χ3v) is 1.39. The summed E-state index contributed by atoms with van der Waals surface area (Å²) in [6.07, 6.45) is 6.49. The third-order valence-electron chi connectivity index (χ3n) is 1.39. The molecule has 1 unspecified atom stereocenters. The Kier molecular flexibility index (Phi) is 6.12. The second-order valence-electron chi connectivity index (χ2n) is 2.53. The lowest BCUT2D eigenvalue weighted by atomic mass is 10.2. The van der Waals surface area contributed by atoms with Crippen molar-refractivity contribution in [2.24, 2.45) is 0 Å². The molecule has 0 heterocycles. The Morgan fingerprint density at radius 2 is 2.33 bits per heavy atom. The van der Waals surface area contributed by atoms with Crippen molar-refractivity contribution in [2.45, 2.75) is 32.3 Å². The number of carbonyl (C=O) groups is 1. The molecule has 12 heavy (non-hydrogen) atoms. The molecule has 1 atom stereocenters. The van der Waals surface area contributed by atoms with Crippen molar-refractivity contribution < 1.29 is 14.6 Å². The number of ether oxygens (including phenoxy) is 1. The predicted molar refractivity (Wildman–Crippen MR) is 45.7 cm³/mol. The SMILES string of the molecule is C#CC(C)OCCCCC(=O)O. The first kappa shape index (κ1) is 11.0. The average Bonchev–Trinajstić information content (AvgIpc) is 2.03. The fourth-order valence-electron chi connectivity index (χ4n) is 0.687. The summed E-state index contributed by atoms with van der Waals surface area (Å²) in [5.41, 5.74) is 0. The lowest BCUT2D eigenvalue weighted by molar-refractivity contribution is -0.137. The molecule has 0 amide bonds. The van der Waals surface area contributed by atoms with E-state index in [1.165, 1.54) is 0 Å². The molecule has 0 aromatic rings. The van der Waals surface area contributed by atoms with E-state index in [1.54, 1.807) is 6.92 Å². The zero-order chi connectivity index (χ0) is 9.40. The Bertz CT molecular complexity index is 169. The summed E-state index contributed by atoms with van der Waals surface area (Å²) in [5.74, 6) is 1.66. The van der Waals surface area contributed by atoms with Crippen molar-refractivity contribution >= 4 is 5.97 Å². The van der Waals surface area contributed by atoms with Crippen LogP contribution >= 0.6 is 0 Å². The highest BCUT2D eigenvalue weighted by atomic mass is 16.5. The molecule has 3 nitrogen and oxygen atoms in total. The second-order valence-corrected chi connectivity index (χ2v) is 2.53. The van der Waals surface area contributed by atoms with Gasteiger partial charge in [-0.2, -0.15) is 0 Å². The molecule has 0 aliphatic carbocycles. The van der Waals surface area contributed by atoms with Crippen LogP contribution in [0.3, 0.4) is 0 Å². The van der Waals surface area contributed by atoms with E-state index in [0.717, 1.165) is 6.42 Å². The van der Waals surface area contributed by atoms with Gasteiger partial charge in [0.05, 0.1) is 0 Å². The molecule has 0 rings (SSSR count). The van der Waals surface area contributed by atoms with Crippen molar-refractivity contribution in [3.63, 3.8) is 0 Å². The Labute approximate surface area is 72.7 Å². The van der Waals surface area contributed by atoms with Gasteiger partial charge in [0.1, 0.15) is 6.10 Å². The molecular formula is C9H14O3. The van der Waals surface area contributed by atoms with Gasteiger partial charge in [-0.05, 0) is 19.8 Å². The molecule has 1 N–H and O–H groups in total. The van der Waals surface area contributed by atoms with E-state index < -0.39 is 5.97 Å². The number of aliphatic carboxylic acids is 1. The third kappa shape index (κ3) is 7.10. The minimum atomic E-state index is -0.764. The van der Waals surface area contributed by atoms with Crippen molar-refractivity contribution in [1.82, 2.24) is 0 Å². The number of unbranched alkanes of at least 4 members (excludes halogenated alkanes) is 1. The quantitative estimate of drug-likeness (QED) is 0.482. The molecule has 0 saturated carbocycles. The van der Waals surface area contributed by atoms with Gasteiger partial charge in [-0.15, -0.1) is 6.42 Å². The highest BCUT2D eigenvalue weighted by molar-refractivity contribution is 5.66. The van der Waals surface area contributed by atoms with Gasteiger partial charge in [-0.1, -0.05) is 5.92 Å². The van der Waals surface area contributed by atoms with Crippen LogP contribution in [0.2, 0.25) is 0 Å². The van der Waals surface area contributed by atoms with E-state index in [-0.39, 0.29) is 12.5 Å². The standard InChI is InChI=1S/C9H14O3/c1-3-8(2)12-7-5-4-6-9(10)11/h1,8H,4-7H2,2H3,(H,10,11). The molecular weight excluding hydrogens is 156 g/mol. The zero-order valence-electron chi connectivity index (χ0n) is 7.25. The highest BCUT2D eigenvalue weighted by Gasteiger charge is 1.98. The van der Waals surface area contributed by atoms with Crippen LogP contribution in [0.25, 0.3) is 0 Å². The molecule has 0 saturated heterocycles. The number of carboxylic acid groups (broad SMARTS) is 1. The number of rotatable bonds is 6. The van der Waals surface area contributed by atoms with Crippen LogP contribution in [0.4, 0.5) is 0 Å². The Morgan fingerprint density at radius 1 is 1.67 bits per heavy atom. The maximum absolute atomic E-state index is 10.1. The Balaban J connectivity index is 3.12. The van der Waals surface area contributed by atoms with Crippen LogP contribution in [0.15, 0.2) is 0 Å². The minimum absolute atomic E-state index is 0.171. The van der Waals surface area contributed by atoms with Crippen LogP contribution in [0, 0.1) is 12.3 Å². The van der Waals surface area contributed by atoms with Crippen LogP contribution in [-0.4, -0.2) is 23.8 Å². The van der Waals surface area contributed by atoms with Gasteiger partial charge in [-0.25, -0.2) is 0 Å². The fraction of sp³-hybridized carbons (Fsp3) is 0.667. The molecule has 0 fully saturated rings. The molecule has 3 heteroatoms. The molecule has 68 valence electrons. The maximum atomic E-state index is 10.1. The molecule has 0 aromatic carbocycles. The van der Waals surface area contributed by atoms with Crippen LogP contribution in [0.5, 0.6) is 0 Å². The van der Waals surface area contributed by atoms with Gasteiger partial charge in [0, 0.05) is 13.0 Å². The molecule has 0 bridgehead atoms. The molecule has 0 aliphatic rings. The van der Waals surface area contributed by atoms with Crippen LogP contribution in [0.1, 0.15) is 26.2 Å². The van der Waals surface area contributed by atoms with Gasteiger partial charge >= 0.3 is 5.97 Å². The van der Waals surface area contributed by atoms with E-state index >= 15 is 0 Å². The molecule has 0 radical (unpaired) electrons. The van der Waals surface area contributed by atoms with Crippen molar-refractivity contribution in [3.8, 4) is 12.3 Å². The van der Waals surface area contributed by atoms with E-state index in [1.807, 2.05) is 0 Å². The Hall–Kier alpha value is -1.01. The van der Waals surface area contributed by atoms with E-state index in [9.17, 15) is 4.79 Å². The first-order chi connectivity index (χ1) is 5.66. The number of terminal acetylenes is 1. The summed E-state index contributed by atoms with van der Waals surface area (Å²) >= 11 is 0. The Morgan fingerprint density at radius 3 is 2.83 bits per heavy atom. The van der Waals surface area contributed by atoms with Crippen molar-refractivity contribution in [2.75, 3.05) is 6.61 Å². The topological polar surface area (TPSA) is 46.5 Å². The molecule has 0 aliphatic heterocycles. The summed E-state index contributed by atoms with van der Waals surface area (Å²) < 4.78 is 5.14. The number of hydrogen-bond acceptors (Lipinski definition) is 2. The summed E-state index contributed by atoms with van der Waals surface area (Å²) in [4.78, 5) is 10.1. The normalized spacial score (nSPS) is 12.0. The van der Waals surface area contributed by atoms with Gasteiger partial charge < -0.3 is 9.84 Å². The van der Waals surface area contributed by atoms with Crippen LogP contribution in [-0.2, 0) is 9.53 Å². The monoisotopic (exact) mass is 170 g/mol. The first-order valence-corrected chi connectivity index (χ1v) is 3.96. The fourth-order valence-corrected chi connectivity index (χ4v) is 0.687. The number of hydrogen-bond donors (Lipinski definition) is 1. The number of carboxylic acids is 1. The lowest BCUT2D eigenvalue weighted by Gasteiger charge is -2.04. The first-order valence-electron chi connectivity index (χ1n) is 3.96. The summed E-state index contributed by atoms with van der Waals surface area (Å²) in [6, 6.07) is 0. The molecule has 0 spiro atoms. The smallest absolute Gasteiger partial charge is 0.303 e. The largest absolute Gasteiger partial charge is 0.481 e. The highest BCUT2D eigenvalue weighted by Crippen LogP contribution is 1.97. The van der Waals surface area contributed by atoms with Gasteiger partial charge in [-0.3, -0.25) is 4.79 Å². The van der Waals surface area contributed by atoms with Crippen LogP contribution < -0.4 is 0 Å². The summed E-state index contributed by atoms with van der Waals surface area (Å²) in [7, 11) is 0. The van der Waals surface area contributed by atoms with Crippen molar-refractivity contribution in [3.05, 3.63) is 0 Å². The summed E-state index contributed by atoms with van der Waals surface area (Å²) in [6.45, 7) is 2.33. The van der Waals surface area contributed by atoms with Gasteiger partial charge in [0.2, 0.25) is 0 Å². The lowest BCUT2D eigenvalue weighted by Crippen LogP contribution is -2.06. The zero-order valence-corrected chi connectivity index (χ0v) is 7.25. The van der Waals surface area contributed by atoms with Gasteiger partial charge in [0.25, 0.3) is 0 Å². The summed E-state index contributed by atoms with van der Waals surface area (Å²) in [5, 5.41) is 8.30.